The summed E-state index contributed by atoms with van der Waals surface area (Å²) in [4.78, 5) is 12.6. The fraction of sp³-hybridized carbons (Fsp3) is 0.174. The topological polar surface area (TPSA) is 41.1 Å². The Morgan fingerprint density at radius 2 is 1.54 bits per heavy atom. The van der Waals surface area contributed by atoms with E-state index in [9.17, 15) is 4.79 Å². The maximum absolute atomic E-state index is 12.6. The molecule has 0 fully saturated rings. The van der Waals surface area contributed by atoms with Crippen LogP contribution in [0.3, 0.4) is 0 Å². The van der Waals surface area contributed by atoms with E-state index < -0.39 is 0 Å². The summed E-state index contributed by atoms with van der Waals surface area (Å²) in [6.45, 7) is 4.04. The number of carbonyl (C=O) groups is 1. The van der Waals surface area contributed by atoms with E-state index in [1.54, 1.807) is 6.07 Å². The third-order valence-corrected chi connectivity index (χ3v) is 5.36. The zero-order valence-corrected chi connectivity index (χ0v) is 17.3. The molecule has 0 heterocycles. The average Bonchev–Trinajstić information content (AvgIpc) is 2.70. The lowest BCUT2D eigenvalue weighted by molar-refractivity contribution is -0.115. The Bertz CT molecular complexity index is 956. The van der Waals surface area contributed by atoms with Gasteiger partial charge in [-0.2, -0.15) is 0 Å². The van der Waals surface area contributed by atoms with Crippen LogP contribution in [0.1, 0.15) is 28.3 Å². The van der Waals surface area contributed by atoms with Gasteiger partial charge < -0.3 is 5.32 Å². The van der Waals surface area contributed by atoms with Gasteiger partial charge in [0.15, 0.2) is 0 Å². The highest BCUT2D eigenvalue weighted by atomic mass is 35.5. The summed E-state index contributed by atoms with van der Waals surface area (Å²) in [6.07, 6.45) is 0. The van der Waals surface area contributed by atoms with Crippen molar-refractivity contribution in [2.45, 2.75) is 19.9 Å². The minimum absolute atomic E-state index is 0.101. The molecule has 3 aromatic rings. The Labute approximate surface area is 175 Å². The van der Waals surface area contributed by atoms with Crippen molar-refractivity contribution in [3.05, 3.63) is 99.0 Å². The SMILES string of the molecule is Cc1ccc([C@@H](NCC(=O)Nc2c(Cl)ccc(C)c2Cl)c2ccccc2)cc1. The van der Waals surface area contributed by atoms with Crippen LogP contribution in [0.2, 0.25) is 10.0 Å². The fourth-order valence-electron chi connectivity index (χ4n) is 2.98. The lowest BCUT2D eigenvalue weighted by atomic mass is 9.98. The van der Waals surface area contributed by atoms with E-state index in [1.165, 1.54) is 5.56 Å². The molecule has 1 amide bonds. The van der Waals surface area contributed by atoms with Crippen LogP contribution in [0.25, 0.3) is 0 Å². The molecule has 3 rings (SSSR count). The highest BCUT2D eigenvalue weighted by Gasteiger charge is 2.16. The predicted octanol–water partition coefficient (Wildman–Crippen LogP) is 5.93. The molecule has 0 unspecified atom stereocenters. The van der Waals surface area contributed by atoms with E-state index in [4.69, 9.17) is 23.2 Å². The quantitative estimate of drug-likeness (QED) is 0.526. The maximum Gasteiger partial charge on any atom is 0.238 e. The van der Waals surface area contributed by atoms with Crippen molar-refractivity contribution in [1.82, 2.24) is 5.32 Å². The van der Waals surface area contributed by atoms with Crippen molar-refractivity contribution in [1.29, 1.82) is 0 Å². The first-order chi connectivity index (χ1) is 13.5. The van der Waals surface area contributed by atoms with Crippen LogP contribution in [0.4, 0.5) is 5.69 Å². The van der Waals surface area contributed by atoms with E-state index in [1.807, 2.05) is 43.3 Å². The molecule has 0 spiro atoms. The van der Waals surface area contributed by atoms with Crippen molar-refractivity contribution >= 4 is 34.8 Å². The molecule has 3 aromatic carbocycles. The van der Waals surface area contributed by atoms with Crippen molar-refractivity contribution in [3.8, 4) is 0 Å². The third kappa shape index (κ3) is 4.93. The number of halogens is 2. The van der Waals surface area contributed by atoms with E-state index in [0.29, 0.717) is 15.7 Å². The van der Waals surface area contributed by atoms with Crippen LogP contribution in [0.5, 0.6) is 0 Å². The number of carbonyl (C=O) groups excluding carboxylic acids is 1. The Morgan fingerprint density at radius 3 is 2.21 bits per heavy atom. The fourth-order valence-corrected chi connectivity index (χ4v) is 3.45. The predicted molar refractivity (Wildman–Crippen MR) is 117 cm³/mol. The van der Waals surface area contributed by atoms with Gasteiger partial charge in [-0.3, -0.25) is 10.1 Å². The lowest BCUT2D eigenvalue weighted by Crippen LogP contribution is -2.32. The summed E-state index contributed by atoms with van der Waals surface area (Å²) in [5, 5.41) is 7.04. The molecule has 28 heavy (non-hydrogen) atoms. The Morgan fingerprint density at radius 1 is 0.893 bits per heavy atom. The summed E-state index contributed by atoms with van der Waals surface area (Å²) in [6, 6.07) is 21.8. The van der Waals surface area contributed by atoms with Crippen LogP contribution in [0.15, 0.2) is 66.7 Å². The molecule has 0 saturated heterocycles. The van der Waals surface area contributed by atoms with Gasteiger partial charge in [0.05, 0.1) is 28.3 Å². The van der Waals surface area contributed by atoms with E-state index >= 15 is 0 Å². The first-order valence-corrected chi connectivity index (χ1v) is 9.80. The molecule has 5 heteroatoms. The smallest absolute Gasteiger partial charge is 0.238 e. The second-order valence-corrected chi connectivity index (χ2v) is 7.52. The van der Waals surface area contributed by atoms with E-state index in [2.05, 4.69) is 41.8 Å². The number of nitrogens with one attached hydrogen (secondary N) is 2. The van der Waals surface area contributed by atoms with Gasteiger partial charge in [0.2, 0.25) is 5.91 Å². The summed E-state index contributed by atoms with van der Waals surface area (Å²) in [5.74, 6) is -0.206. The normalized spacial score (nSPS) is 11.9. The Hall–Kier alpha value is -2.33. The molecule has 0 bridgehead atoms. The second-order valence-electron chi connectivity index (χ2n) is 6.74. The van der Waals surface area contributed by atoms with E-state index in [0.717, 1.165) is 16.7 Å². The molecular formula is C23H22Cl2N2O. The van der Waals surface area contributed by atoms with Gasteiger partial charge in [0.25, 0.3) is 0 Å². The van der Waals surface area contributed by atoms with Gasteiger partial charge >= 0.3 is 0 Å². The highest BCUT2D eigenvalue weighted by Crippen LogP contribution is 2.32. The maximum atomic E-state index is 12.6. The zero-order valence-electron chi connectivity index (χ0n) is 15.8. The highest BCUT2D eigenvalue weighted by molar-refractivity contribution is 6.40. The van der Waals surface area contributed by atoms with Crippen LogP contribution in [-0.2, 0) is 4.79 Å². The molecule has 2 N–H and O–H groups in total. The standard InChI is InChI=1S/C23H22Cl2N2O/c1-15-8-11-18(12-9-15)22(17-6-4-3-5-7-17)26-14-20(28)27-23-19(24)13-10-16(2)21(23)25/h3-13,22,26H,14H2,1-2H3,(H,27,28)/t22-/m0/s1. The van der Waals surface area contributed by atoms with Gasteiger partial charge in [-0.05, 0) is 36.6 Å². The summed E-state index contributed by atoms with van der Waals surface area (Å²) >= 11 is 12.5. The second kappa shape index (κ2) is 9.24. The molecule has 3 nitrogen and oxygen atoms in total. The monoisotopic (exact) mass is 412 g/mol. The summed E-state index contributed by atoms with van der Waals surface area (Å²) in [7, 11) is 0. The molecule has 1 atom stereocenters. The molecular weight excluding hydrogens is 391 g/mol. The number of amides is 1. The molecule has 0 aliphatic carbocycles. The van der Waals surface area contributed by atoms with Crippen molar-refractivity contribution in [2.24, 2.45) is 0 Å². The summed E-state index contributed by atoms with van der Waals surface area (Å²) < 4.78 is 0. The average molecular weight is 413 g/mol. The number of hydrogen-bond acceptors (Lipinski definition) is 2. The first kappa shape index (κ1) is 20.4. The van der Waals surface area contributed by atoms with Crippen LogP contribution in [-0.4, -0.2) is 12.5 Å². The molecule has 0 aliphatic rings. The van der Waals surface area contributed by atoms with Gasteiger partial charge in [0.1, 0.15) is 0 Å². The number of rotatable bonds is 6. The molecule has 0 radical (unpaired) electrons. The van der Waals surface area contributed by atoms with Crippen LogP contribution >= 0.6 is 23.2 Å². The number of anilines is 1. The first-order valence-electron chi connectivity index (χ1n) is 9.05. The van der Waals surface area contributed by atoms with Gasteiger partial charge in [-0.15, -0.1) is 0 Å². The number of aryl methyl sites for hydroxylation is 2. The third-order valence-electron chi connectivity index (χ3n) is 4.56. The van der Waals surface area contributed by atoms with Gasteiger partial charge in [-0.25, -0.2) is 0 Å². The molecule has 0 aromatic heterocycles. The van der Waals surface area contributed by atoms with Gasteiger partial charge in [0, 0.05) is 0 Å². The van der Waals surface area contributed by atoms with Crippen LogP contribution < -0.4 is 10.6 Å². The lowest BCUT2D eigenvalue weighted by Gasteiger charge is -2.20. The summed E-state index contributed by atoms with van der Waals surface area (Å²) in [5.41, 5.74) is 4.68. The molecule has 144 valence electrons. The Balaban J connectivity index is 1.76. The minimum atomic E-state index is -0.206. The largest absolute Gasteiger partial charge is 0.322 e. The number of hydrogen-bond donors (Lipinski definition) is 2. The Kier molecular flexibility index (Phi) is 6.74. The van der Waals surface area contributed by atoms with Crippen molar-refractivity contribution < 1.29 is 4.79 Å². The van der Waals surface area contributed by atoms with Crippen molar-refractivity contribution in [2.75, 3.05) is 11.9 Å². The molecule has 0 saturated carbocycles. The van der Waals surface area contributed by atoms with Crippen molar-refractivity contribution in [3.63, 3.8) is 0 Å². The van der Waals surface area contributed by atoms with Gasteiger partial charge in [-0.1, -0.05) is 89.4 Å². The number of benzene rings is 3. The molecule has 0 aliphatic heterocycles. The minimum Gasteiger partial charge on any atom is -0.322 e. The van der Waals surface area contributed by atoms with Crippen LogP contribution in [0, 0.1) is 13.8 Å². The van der Waals surface area contributed by atoms with E-state index in [-0.39, 0.29) is 18.5 Å². The zero-order chi connectivity index (χ0) is 20.1.